The van der Waals surface area contributed by atoms with Crippen molar-refractivity contribution in [3.63, 3.8) is 0 Å². The van der Waals surface area contributed by atoms with Gasteiger partial charge in [-0.15, -0.1) is 0 Å². The van der Waals surface area contributed by atoms with Gasteiger partial charge in [-0.3, -0.25) is 0 Å². The zero-order chi connectivity index (χ0) is 11.8. The van der Waals surface area contributed by atoms with Gasteiger partial charge in [0.1, 0.15) is 6.07 Å². The van der Waals surface area contributed by atoms with Crippen LogP contribution in [0.3, 0.4) is 0 Å². The topological polar surface area (TPSA) is 82.3 Å². The van der Waals surface area contributed by atoms with Crippen molar-refractivity contribution in [2.75, 3.05) is 25.1 Å². The largest absolute Gasteiger partial charge is 0.447 e. The summed E-state index contributed by atoms with van der Waals surface area (Å²) in [5.74, 6) is -0.553. The van der Waals surface area contributed by atoms with E-state index in [0.717, 1.165) is 0 Å². The number of aliphatic hydroxyl groups excluding tert-OH is 1. The third-order valence-electron chi connectivity index (χ3n) is 1.84. The highest BCUT2D eigenvalue weighted by Gasteiger charge is 2.11. The molecule has 0 spiro atoms. The molecule has 0 saturated heterocycles. The maximum Gasteiger partial charge on any atom is 0.341 e. The van der Waals surface area contributed by atoms with E-state index in [1.54, 1.807) is 30.3 Å². The summed E-state index contributed by atoms with van der Waals surface area (Å²) in [7, 11) is 0. The normalized spacial score (nSPS) is 9.25. The monoisotopic (exact) mass is 220 g/mol. The maximum atomic E-state index is 11.5. The molecular weight excluding hydrogens is 208 g/mol. The molecule has 84 valence electrons. The van der Waals surface area contributed by atoms with Crippen molar-refractivity contribution in [3.05, 3.63) is 29.8 Å². The van der Waals surface area contributed by atoms with E-state index < -0.39 is 5.97 Å². The van der Waals surface area contributed by atoms with E-state index in [-0.39, 0.29) is 13.2 Å². The number of ether oxygens (including phenoxy) is 1. The Balaban J connectivity index is 2.77. The zero-order valence-corrected chi connectivity index (χ0v) is 8.64. The molecule has 0 saturated carbocycles. The molecule has 5 heteroatoms. The Morgan fingerprint density at radius 3 is 2.94 bits per heavy atom. The first kappa shape index (κ1) is 12.0. The van der Waals surface area contributed by atoms with Crippen molar-refractivity contribution in [3.8, 4) is 6.07 Å². The van der Waals surface area contributed by atoms with Crippen molar-refractivity contribution in [2.45, 2.75) is 0 Å². The van der Waals surface area contributed by atoms with Crippen molar-refractivity contribution in [2.24, 2.45) is 0 Å². The van der Waals surface area contributed by atoms with Crippen LogP contribution in [0, 0.1) is 11.3 Å². The van der Waals surface area contributed by atoms with E-state index in [1.807, 2.05) is 0 Å². The van der Waals surface area contributed by atoms with Gasteiger partial charge in [0.2, 0.25) is 0 Å². The van der Waals surface area contributed by atoms with Crippen LogP contribution in [0.5, 0.6) is 0 Å². The van der Waals surface area contributed by atoms with Gasteiger partial charge in [-0.2, -0.15) is 5.26 Å². The first-order valence-corrected chi connectivity index (χ1v) is 4.77. The maximum absolute atomic E-state index is 11.5. The van der Waals surface area contributed by atoms with Crippen LogP contribution < -0.4 is 5.32 Å². The van der Waals surface area contributed by atoms with Gasteiger partial charge in [-0.25, -0.2) is 4.79 Å². The number of hydrogen-bond acceptors (Lipinski definition) is 5. The Bertz CT molecular complexity index is 398. The van der Waals surface area contributed by atoms with Gasteiger partial charge in [0.15, 0.2) is 6.61 Å². The first-order chi connectivity index (χ1) is 7.79. The highest BCUT2D eigenvalue weighted by atomic mass is 16.5. The molecule has 0 atom stereocenters. The molecule has 0 aromatic heterocycles. The minimum absolute atomic E-state index is 0.0262. The Morgan fingerprint density at radius 2 is 2.25 bits per heavy atom. The summed E-state index contributed by atoms with van der Waals surface area (Å²) < 4.78 is 4.70. The number of esters is 1. The van der Waals surface area contributed by atoms with Gasteiger partial charge >= 0.3 is 5.97 Å². The molecule has 0 bridgehead atoms. The summed E-state index contributed by atoms with van der Waals surface area (Å²) in [6, 6.07) is 8.50. The Hall–Kier alpha value is -2.06. The standard InChI is InChI=1S/C11H12N2O3/c12-5-8-16-11(15)9-3-1-2-4-10(9)13-6-7-14/h1-4,13-14H,6-8H2. The summed E-state index contributed by atoms with van der Waals surface area (Å²) in [6.07, 6.45) is 0. The second-order valence-electron chi connectivity index (χ2n) is 2.93. The van der Waals surface area contributed by atoms with Gasteiger partial charge in [-0.05, 0) is 12.1 Å². The Kier molecular flexibility index (Phi) is 4.83. The summed E-state index contributed by atoms with van der Waals surface area (Å²) in [5.41, 5.74) is 0.936. The summed E-state index contributed by atoms with van der Waals surface area (Å²) in [5, 5.41) is 19.9. The molecule has 2 N–H and O–H groups in total. The molecule has 0 unspecified atom stereocenters. The van der Waals surface area contributed by atoms with Crippen molar-refractivity contribution in [1.29, 1.82) is 5.26 Å². The average Bonchev–Trinajstić information content (AvgIpc) is 2.33. The molecule has 0 heterocycles. The second kappa shape index (κ2) is 6.43. The van der Waals surface area contributed by atoms with Crippen molar-refractivity contribution >= 4 is 11.7 Å². The molecule has 0 aliphatic rings. The molecule has 0 aliphatic carbocycles. The Labute approximate surface area is 93.3 Å². The number of nitrogens with zero attached hydrogens (tertiary/aromatic N) is 1. The number of carbonyl (C=O) groups excluding carboxylic acids is 1. The molecule has 1 aromatic rings. The molecule has 1 aromatic carbocycles. The lowest BCUT2D eigenvalue weighted by Crippen LogP contribution is -2.12. The molecule has 0 amide bonds. The quantitative estimate of drug-likeness (QED) is 0.716. The number of para-hydroxylation sites is 1. The van der Waals surface area contributed by atoms with Gasteiger partial charge in [0, 0.05) is 12.2 Å². The first-order valence-electron chi connectivity index (χ1n) is 4.77. The van der Waals surface area contributed by atoms with E-state index in [9.17, 15) is 4.79 Å². The fraction of sp³-hybridized carbons (Fsp3) is 0.273. The Morgan fingerprint density at radius 1 is 1.50 bits per heavy atom. The predicted octanol–water partition coefficient (Wildman–Crippen LogP) is 0.771. The van der Waals surface area contributed by atoms with Crippen LogP contribution in [-0.4, -0.2) is 30.8 Å². The number of anilines is 1. The van der Waals surface area contributed by atoms with Crippen LogP contribution in [-0.2, 0) is 4.74 Å². The van der Waals surface area contributed by atoms with Crippen molar-refractivity contribution in [1.82, 2.24) is 0 Å². The fourth-order valence-electron chi connectivity index (χ4n) is 1.18. The average molecular weight is 220 g/mol. The van der Waals surface area contributed by atoms with Crippen LogP contribution in [0.4, 0.5) is 5.69 Å². The molecule has 1 rings (SSSR count). The zero-order valence-electron chi connectivity index (χ0n) is 8.64. The number of rotatable bonds is 5. The number of nitriles is 1. The number of benzene rings is 1. The molecule has 16 heavy (non-hydrogen) atoms. The van der Waals surface area contributed by atoms with Gasteiger partial charge in [0.25, 0.3) is 0 Å². The van der Waals surface area contributed by atoms with Gasteiger partial charge in [0.05, 0.1) is 12.2 Å². The minimum Gasteiger partial charge on any atom is -0.447 e. The minimum atomic E-state index is -0.553. The smallest absolute Gasteiger partial charge is 0.341 e. The van der Waals surface area contributed by atoms with E-state index in [0.29, 0.717) is 17.8 Å². The summed E-state index contributed by atoms with van der Waals surface area (Å²) in [6.45, 7) is 0.0529. The lowest BCUT2D eigenvalue weighted by Gasteiger charge is -2.09. The van der Waals surface area contributed by atoms with Crippen LogP contribution in [0.1, 0.15) is 10.4 Å². The SMILES string of the molecule is N#CCOC(=O)c1ccccc1NCCO. The van der Waals surface area contributed by atoms with Crippen LogP contribution in [0.2, 0.25) is 0 Å². The molecular formula is C11H12N2O3. The number of carbonyl (C=O) groups is 1. The highest BCUT2D eigenvalue weighted by Crippen LogP contribution is 2.15. The van der Waals surface area contributed by atoms with Gasteiger partial charge in [-0.1, -0.05) is 12.1 Å². The molecule has 5 nitrogen and oxygen atoms in total. The fourth-order valence-corrected chi connectivity index (χ4v) is 1.18. The van der Waals surface area contributed by atoms with Crippen LogP contribution >= 0.6 is 0 Å². The summed E-state index contributed by atoms with van der Waals surface area (Å²) >= 11 is 0. The number of nitrogens with one attached hydrogen (secondary N) is 1. The second-order valence-corrected chi connectivity index (χ2v) is 2.93. The van der Waals surface area contributed by atoms with E-state index in [4.69, 9.17) is 15.1 Å². The van der Waals surface area contributed by atoms with Crippen LogP contribution in [0.15, 0.2) is 24.3 Å². The third-order valence-corrected chi connectivity index (χ3v) is 1.84. The van der Waals surface area contributed by atoms with E-state index in [2.05, 4.69) is 5.32 Å². The predicted molar refractivity (Wildman–Crippen MR) is 57.9 cm³/mol. The molecule has 0 fully saturated rings. The van der Waals surface area contributed by atoms with Crippen LogP contribution in [0.25, 0.3) is 0 Å². The molecule has 0 radical (unpaired) electrons. The lowest BCUT2D eigenvalue weighted by molar-refractivity contribution is 0.0556. The lowest BCUT2D eigenvalue weighted by atomic mass is 10.2. The van der Waals surface area contributed by atoms with Gasteiger partial charge < -0.3 is 15.2 Å². The van der Waals surface area contributed by atoms with E-state index >= 15 is 0 Å². The number of aliphatic hydroxyl groups is 1. The molecule has 0 aliphatic heterocycles. The van der Waals surface area contributed by atoms with Crippen molar-refractivity contribution < 1.29 is 14.6 Å². The highest BCUT2D eigenvalue weighted by molar-refractivity contribution is 5.95. The van der Waals surface area contributed by atoms with E-state index in [1.165, 1.54) is 0 Å². The summed E-state index contributed by atoms with van der Waals surface area (Å²) in [4.78, 5) is 11.5. The third kappa shape index (κ3) is 3.26. The number of hydrogen-bond donors (Lipinski definition) is 2.